The van der Waals surface area contributed by atoms with Crippen molar-refractivity contribution in [2.24, 2.45) is 5.73 Å². The van der Waals surface area contributed by atoms with Gasteiger partial charge in [-0.2, -0.15) is 0 Å². The molecule has 3 N–H and O–H groups in total. The van der Waals surface area contributed by atoms with Gasteiger partial charge in [0.05, 0.1) is 0 Å². The van der Waals surface area contributed by atoms with Crippen molar-refractivity contribution in [1.29, 1.82) is 0 Å². The number of amides is 1. The second-order valence-electron chi connectivity index (χ2n) is 3.93. The molecular weight excluding hydrogens is 224 g/mol. The molecule has 0 fully saturated rings. The molecule has 0 saturated carbocycles. The Labute approximate surface area is 103 Å². The van der Waals surface area contributed by atoms with Crippen LogP contribution in [-0.4, -0.2) is 18.5 Å². The third-order valence-electron chi connectivity index (χ3n) is 2.36. The zero-order valence-corrected chi connectivity index (χ0v) is 10.7. The Morgan fingerprint density at radius 1 is 1.44 bits per heavy atom. The van der Waals surface area contributed by atoms with Gasteiger partial charge in [0.15, 0.2) is 0 Å². The minimum atomic E-state index is -0.0505. The molecule has 0 bridgehead atoms. The van der Waals surface area contributed by atoms with Crippen molar-refractivity contribution in [3.63, 3.8) is 0 Å². The summed E-state index contributed by atoms with van der Waals surface area (Å²) >= 11 is 0. The van der Waals surface area contributed by atoms with Gasteiger partial charge in [0.2, 0.25) is 0 Å². The molecule has 0 aromatic heterocycles. The second-order valence-corrected chi connectivity index (χ2v) is 3.93. The fraction of sp³-hybridized carbons (Fsp3) is 0.417. The van der Waals surface area contributed by atoms with E-state index in [0.29, 0.717) is 6.54 Å². The van der Waals surface area contributed by atoms with E-state index in [1.165, 1.54) is 0 Å². The summed E-state index contributed by atoms with van der Waals surface area (Å²) in [5, 5.41) is 2.84. The Morgan fingerprint density at radius 3 is 2.56 bits per heavy atom. The number of hydrogen-bond acceptors (Lipinski definition) is 2. The summed E-state index contributed by atoms with van der Waals surface area (Å²) in [7, 11) is 0. The molecule has 0 heterocycles. The summed E-state index contributed by atoms with van der Waals surface area (Å²) in [6, 6.07) is 5.80. The van der Waals surface area contributed by atoms with Gasteiger partial charge in [0, 0.05) is 18.2 Å². The third-order valence-corrected chi connectivity index (χ3v) is 2.36. The quantitative estimate of drug-likeness (QED) is 0.849. The van der Waals surface area contributed by atoms with Crippen molar-refractivity contribution in [3.05, 3.63) is 34.9 Å². The SMILES string of the molecule is Cc1ccc(C(=O)N[C@@H](C)CN)c(C)c1.Cl. The Hall–Kier alpha value is -1.06. The van der Waals surface area contributed by atoms with Crippen molar-refractivity contribution in [1.82, 2.24) is 5.32 Å². The lowest BCUT2D eigenvalue weighted by atomic mass is 10.1. The first-order valence-electron chi connectivity index (χ1n) is 5.12. The van der Waals surface area contributed by atoms with Crippen molar-refractivity contribution in [2.45, 2.75) is 26.8 Å². The number of carbonyl (C=O) groups is 1. The minimum absolute atomic E-state index is 0. The van der Waals surface area contributed by atoms with Crippen molar-refractivity contribution >= 4 is 18.3 Å². The average Bonchev–Trinajstić information content (AvgIpc) is 2.17. The molecule has 0 aliphatic rings. The number of benzene rings is 1. The van der Waals surface area contributed by atoms with Crippen molar-refractivity contribution in [2.75, 3.05) is 6.54 Å². The van der Waals surface area contributed by atoms with E-state index in [1.807, 2.05) is 39.0 Å². The lowest BCUT2D eigenvalue weighted by Gasteiger charge is -2.12. The highest BCUT2D eigenvalue weighted by atomic mass is 35.5. The van der Waals surface area contributed by atoms with Gasteiger partial charge in [-0.1, -0.05) is 17.7 Å². The van der Waals surface area contributed by atoms with Gasteiger partial charge in [0.25, 0.3) is 5.91 Å². The molecule has 0 radical (unpaired) electrons. The highest BCUT2D eigenvalue weighted by Crippen LogP contribution is 2.10. The number of carbonyl (C=O) groups excluding carboxylic acids is 1. The Kier molecular flexibility index (Phi) is 6.08. The molecule has 1 amide bonds. The molecule has 3 nitrogen and oxygen atoms in total. The maximum Gasteiger partial charge on any atom is 0.251 e. The highest BCUT2D eigenvalue weighted by molar-refractivity contribution is 5.95. The van der Waals surface area contributed by atoms with Crippen LogP contribution in [0.2, 0.25) is 0 Å². The lowest BCUT2D eigenvalue weighted by Crippen LogP contribution is -2.38. The van der Waals surface area contributed by atoms with Gasteiger partial charge in [-0.15, -0.1) is 12.4 Å². The van der Waals surface area contributed by atoms with Gasteiger partial charge in [0.1, 0.15) is 0 Å². The summed E-state index contributed by atoms with van der Waals surface area (Å²) in [5.41, 5.74) is 8.33. The van der Waals surface area contributed by atoms with E-state index in [9.17, 15) is 4.79 Å². The molecule has 0 spiro atoms. The number of halogens is 1. The summed E-state index contributed by atoms with van der Waals surface area (Å²) in [6.45, 7) is 6.30. The molecule has 4 heteroatoms. The van der Waals surface area contributed by atoms with Gasteiger partial charge in [-0.25, -0.2) is 0 Å². The van der Waals surface area contributed by atoms with Crippen LogP contribution >= 0.6 is 12.4 Å². The van der Waals surface area contributed by atoms with Crippen LogP contribution in [0.4, 0.5) is 0 Å². The fourth-order valence-corrected chi connectivity index (χ4v) is 1.43. The van der Waals surface area contributed by atoms with E-state index in [1.54, 1.807) is 0 Å². The smallest absolute Gasteiger partial charge is 0.251 e. The number of hydrogen-bond donors (Lipinski definition) is 2. The first-order valence-corrected chi connectivity index (χ1v) is 5.12. The fourth-order valence-electron chi connectivity index (χ4n) is 1.43. The molecule has 0 aliphatic heterocycles. The first-order chi connectivity index (χ1) is 7.04. The van der Waals surface area contributed by atoms with Gasteiger partial charge < -0.3 is 11.1 Å². The Bertz CT molecular complexity index is 366. The van der Waals surface area contributed by atoms with Crippen LogP contribution in [0.5, 0.6) is 0 Å². The van der Waals surface area contributed by atoms with Gasteiger partial charge in [-0.3, -0.25) is 4.79 Å². The van der Waals surface area contributed by atoms with Gasteiger partial charge >= 0.3 is 0 Å². The van der Waals surface area contributed by atoms with Crippen LogP contribution in [0.3, 0.4) is 0 Å². The molecular formula is C12H19ClN2O. The van der Waals surface area contributed by atoms with Crippen LogP contribution in [0, 0.1) is 13.8 Å². The molecule has 1 aromatic rings. The van der Waals surface area contributed by atoms with E-state index in [-0.39, 0.29) is 24.4 Å². The van der Waals surface area contributed by atoms with E-state index in [4.69, 9.17) is 5.73 Å². The number of nitrogens with two attached hydrogens (primary N) is 1. The largest absolute Gasteiger partial charge is 0.348 e. The monoisotopic (exact) mass is 242 g/mol. The van der Waals surface area contributed by atoms with E-state index >= 15 is 0 Å². The van der Waals surface area contributed by atoms with Crippen LogP contribution in [0.1, 0.15) is 28.4 Å². The molecule has 0 aliphatic carbocycles. The van der Waals surface area contributed by atoms with Crippen LogP contribution in [-0.2, 0) is 0 Å². The molecule has 90 valence electrons. The Morgan fingerprint density at radius 2 is 2.06 bits per heavy atom. The normalized spacial score (nSPS) is 11.5. The average molecular weight is 243 g/mol. The third kappa shape index (κ3) is 3.83. The molecule has 16 heavy (non-hydrogen) atoms. The van der Waals surface area contributed by atoms with E-state index in [2.05, 4.69) is 5.32 Å². The molecule has 0 unspecified atom stereocenters. The zero-order chi connectivity index (χ0) is 11.4. The van der Waals surface area contributed by atoms with Crippen molar-refractivity contribution in [3.8, 4) is 0 Å². The lowest BCUT2D eigenvalue weighted by molar-refractivity contribution is 0.0940. The van der Waals surface area contributed by atoms with Crippen LogP contribution in [0.25, 0.3) is 0 Å². The van der Waals surface area contributed by atoms with E-state index in [0.717, 1.165) is 16.7 Å². The highest BCUT2D eigenvalue weighted by Gasteiger charge is 2.10. The van der Waals surface area contributed by atoms with Crippen LogP contribution in [0.15, 0.2) is 18.2 Å². The molecule has 0 saturated heterocycles. The molecule has 1 atom stereocenters. The Balaban J connectivity index is 0.00000225. The summed E-state index contributed by atoms with van der Waals surface area (Å²) in [5.74, 6) is -0.0505. The zero-order valence-electron chi connectivity index (χ0n) is 9.91. The summed E-state index contributed by atoms with van der Waals surface area (Å²) in [6.07, 6.45) is 0. The van der Waals surface area contributed by atoms with Crippen LogP contribution < -0.4 is 11.1 Å². The standard InChI is InChI=1S/C12H18N2O.ClH/c1-8-4-5-11(9(2)6-8)12(15)14-10(3)7-13;/h4-6,10H,7,13H2,1-3H3,(H,14,15);1H/t10-;/m0./s1. The number of nitrogens with one attached hydrogen (secondary N) is 1. The topological polar surface area (TPSA) is 55.1 Å². The first kappa shape index (κ1) is 14.9. The predicted octanol–water partition coefficient (Wildman–Crippen LogP) is 1.80. The number of rotatable bonds is 3. The second kappa shape index (κ2) is 6.51. The van der Waals surface area contributed by atoms with Gasteiger partial charge in [-0.05, 0) is 32.4 Å². The maximum absolute atomic E-state index is 11.8. The van der Waals surface area contributed by atoms with Crippen molar-refractivity contribution < 1.29 is 4.79 Å². The summed E-state index contributed by atoms with van der Waals surface area (Å²) < 4.78 is 0. The van der Waals surface area contributed by atoms with E-state index < -0.39 is 0 Å². The maximum atomic E-state index is 11.8. The summed E-state index contributed by atoms with van der Waals surface area (Å²) in [4.78, 5) is 11.8. The predicted molar refractivity (Wildman–Crippen MR) is 69.1 cm³/mol. The minimum Gasteiger partial charge on any atom is -0.348 e. The number of aryl methyl sites for hydroxylation is 2. The molecule has 1 rings (SSSR count). The molecule has 1 aromatic carbocycles.